The number of amides is 1. The second-order valence-corrected chi connectivity index (χ2v) is 5.32. The lowest BCUT2D eigenvalue weighted by atomic mass is 10.2. The van der Waals surface area contributed by atoms with E-state index in [1.807, 2.05) is 0 Å². The lowest BCUT2D eigenvalue weighted by Crippen LogP contribution is -2.40. The van der Waals surface area contributed by atoms with E-state index in [1.54, 1.807) is 26.8 Å². The van der Waals surface area contributed by atoms with Crippen LogP contribution in [0.2, 0.25) is 0 Å². The van der Waals surface area contributed by atoms with Crippen LogP contribution in [-0.4, -0.2) is 48.2 Å². The van der Waals surface area contributed by atoms with Crippen LogP contribution in [0.3, 0.4) is 0 Å². The van der Waals surface area contributed by atoms with Crippen molar-refractivity contribution in [2.45, 2.75) is 44.9 Å². The van der Waals surface area contributed by atoms with Crippen LogP contribution >= 0.6 is 0 Å². The van der Waals surface area contributed by atoms with Crippen molar-refractivity contribution in [1.82, 2.24) is 4.90 Å². The van der Waals surface area contributed by atoms with Crippen molar-refractivity contribution < 1.29 is 19.1 Å². The lowest BCUT2D eigenvalue weighted by molar-refractivity contribution is -0.111. The average molecular weight is 255 g/mol. The highest BCUT2D eigenvalue weighted by atomic mass is 16.6. The smallest absolute Gasteiger partial charge is 0.410 e. The minimum Gasteiger partial charge on any atom is -0.444 e. The van der Waals surface area contributed by atoms with Crippen molar-refractivity contribution in [3.05, 3.63) is 12.7 Å². The van der Waals surface area contributed by atoms with Crippen LogP contribution in [0, 0.1) is 0 Å². The highest BCUT2D eigenvalue weighted by molar-refractivity contribution is 5.74. The van der Waals surface area contributed by atoms with Crippen molar-refractivity contribution in [3.63, 3.8) is 0 Å². The monoisotopic (exact) mass is 255 g/mol. The second kappa shape index (κ2) is 6.00. The molecule has 1 rings (SSSR count). The number of hydrogen-bond donors (Lipinski definition) is 0. The largest absolute Gasteiger partial charge is 0.444 e. The fourth-order valence-electron chi connectivity index (χ4n) is 1.81. The number of aldehydes is 1. The van der Waals surface area contributed by atoms with Gasteiger partial charge in [-0.1, -0.05) is 6.08 Å². The fourth-order valence-corrected chi connectivity index (χ4v) is 1.81. The normalized spacial score (nSPS) is 23.8. The molecule has 0 aromatic carbocycles. The van der Waals surface area contributed by atoms with E-state index in [2.05, 4.69) is 6.58 Å². The Balaban J connectivity index is 2.60. The fraction of sp³-hybridized carbons (Fsp3) is 0.692. The molecule has 1 aliphatic heterocycles. The number of carbonyl (C=O) groups excluding carboxylic acids is 2. The van der Waals surface area contributed by atoms with Crippen LogP contribution in [0.5, 0.6) is 0 Å². The van der Waals surface area contributed by atoms with Crippen LogP contribution in [0.1, 0.15) is 27.2 Å². The summed E-state index contributed by atoms with van der Waals surface area (Å²) < 4.78 is 10.7. The summed E-state index contributed by atoms with van der Waals surface area (Å²) in [5.74, 6) is 0. The molecule has 1 aliphatic rings. The van der Waals surface area contributed by atoms with Crippen molar-refractivity contribution in [2.24, 2.45) is 0 Å². The maximum atomic E-state index is 11.9. The van der Waals surface area contributed by atoms with E-state index >= 15 is 0 Å². The molecule has 5 nitrogen and oxygen atoms in total. The summed E-state index contributed by atoms with van der Waals surface area (Å²) in [4.78, 5) is 24.3. The van der Waals surface area contributed by atoms with Gasteiger partial charge in [0, 0.05) is 6.42 Å². The first-order valence-corrected chi connectivity index (χ1v) is 6.05. The molecule has 0 spiro atoms. The van der Waals surface area contributed by atoms with Gasteiger partial charge in [-0.25, -0.2) is 4.79 Å². The van der Waals surface area contributed by atoms with E-state index in [-0.39, 0.29) is 6.10 Å². The standard InChI is InChI=1S/C13H21NO4/c1-5-6-17-11-7-10(9-15)14(8-11)12(16)18-13(2,3)4/h5,9-11H,1,6-8H2,2-4H3. The van der Waals surface area contributed by atoms with Crippen molar-refractivity contribution in [1.29, 1.82) is 0 Å². The molecule has 0 aromatic rings. The molecule has 2 atom stereocenters. The number of likely N-dealkylation sites (tertiary alicyclic amines) is 1. The third kappa shape index (κ3) is 4.14. The number of nitrogens with zero attached hydrogens (tertiary/aromatic N) is 1. The van der Waals surface area contributed by atoms with Gasteiger partial charge in [0.15, 0.2) is 0 Å². The SMILES string of the molecule is C=CCOC1CC(C=O)N(C(=O)OC(C)(C)C)C1. The molecular weight excluding hydrogens is 234 g/mol. The summed E-state index contributed by atoms with van der Waals surface area (Å²) in [6, 6.07) is -0.463. The first kappa shape index (κ1) is 14.7. The third-order valence-corrected chi connectivity index (χ3v) is 2.54. The molecule has 1 amide bonds. The molecule has 1 fully saturated rings. The Morgan fingerprint density at radius 1 is 1.50 bits per heavy atom. The summed E-state index contributed by atoms with van der Waals surface area (Å²) in [5.41, 5.74) is -0.565. The zero-order valence-electron chi connectivity index (χ0n) is 11.2. The summed E-state index contributed by atoms with van der Waals surface area (Å²) in [6.07, 6.45) is 2.32. The van der Waals surface area contributed by atoms with Crippen molar-refractivity contribution in [2.75, 3.05) is 13.2 Å². The van der Waals surface area contributed by atoms with Gasteiger partial charge in [0.05, 0.1) is 25.3 Å². The van der Waals surface area contributed by atoms with Crippen LogP contribution in [-0.2, 0) is 14.3 Å². The zero-order valence-corrected chi connectivity index (χ0v) is 11.2. The number of ether oxygens (including phenoxy) is 2. The Hall–Kier alpha value is -1.36. The Morgan fingerprint density at radius 2 is 2.17 bits per heavy atom. The van der Waals surface area contributed by atoms with Crippen LogP contribution in [0.25, 0.3) is 0 Å². The Bertz CT molecular complexity index is 321. The zero-order chi connectivity index (χ0) is 13.8. The van der Waals surface area contributed by atoms with Gasteiger partial charge in [0.1, 0.15) is 11.9 Å². The summed E-state index contributed by atoms with van der Waals surface area (Å²) in [6.45, 7) is 9.74. The summed E-state index contributed by atoms with van der Waals surface area (Å²) in [7, 11) is 0. The van der Waals surface area contributed by atoms with E-state index in [1.165, 1.54) is 4.90 Å². The van der Waals surface area contributed by atoms with E-state index in [0.717, 1.165) is 6.29 Å². The molecule has 0 saturated carbocycles. The molecule has 0 aromatic heterocycles. The highest BCUT2D eigenvalue weighted by Crippen LogP contribution is 2.22. The number of hydrogen-bond acceptors (Lipinski definition) is 4. The maximum Gasteiger partial charge on any atom is 0.410 e. The van der Waals surface area contributed by atoms with Crippen molar-refractivity contribution >= 4 is 12.4 Å². The molecule has 0 bridgehead atoms. The molecule has 5 heteroatoms. The Kier molecular flexibility index (Phi) is 4.90. The van der Waals surface area contributed by atoms with Gasteiger partial charge >= 0.3 is 6.09 Å². The highest BCUT2D eigenvalue weighted by Gasteiger charge is 2.37. The van der Waals surface area contributed by atoms with Crippen LogP contribution < -0.4 is 0 Å². The molecule has 1 heterocycles. The van der Waals surface area contributed by atoms with Gasteiger partial charge in [-0.2, -0.15) is 0 Å². The molecular formula is C13H21NO4. The predicted molar refractivity (Wildman–Crippen MR) is 67.3 cm³/mol. The average Bonchev–Trinajstić information content (AvgIpc) is 2.67. The molecule has 0 aliphatic carbocycles. The maximum absolute atomic E-state index is 11.9. The first-order chi connectivity index (χ1) is 8.37. The minimum absolute atomic E-state index is 0.134. The van der Waals surface area contributed by atoms with Crippen LogP contribution in [0.15, 0.2) is 12.7 Å². The van der Waals surface area contributed by atoms with E-state index in [4.69, 9.17) is 9.47 Å². The van der Waals surface area contributed by atoms with Gasteiger partial charge < -0.3 is 14.3 Å². The summed E-state index contributed by atoms with van der Waals surface area (Å²) in [5, 5.41) is 0. The van der Waals surface area contributed by atoms with Crippen LogP contribution in [0.4, 0.5) is 4.79 Å². The van der Waals surface area contributed by atoms with Gasteiger partial charge in [-0.15, -0.1) is 6.58 Å². The third-order valence-electron chi connectivity index (χ3n) is 2.54. The second-order valence-electron chi connectivity index (χ2n) is 5.32. The van der Waals surface area contributed by atoms with E-state index in [9.17, 15) is 9.59 Å². The van der Waals surface area contributed by atoms with Gasteiger partial charge in [0.2, 0.25) is 0 Å². The summed E-state index contributed by atoms with van der Waals surface area (Å²) >= 11 is 0. The van der Waals surface area contributed by atoms with E-state index < -0.39 is 17.7 Å². The quantitative estimate of drug-likeness (QED) is 0.567. The first-order valence-electron chi connectivity index (χ1n) is 6.05. The van der Waals surface area contributed by atoms with Gasteiger partial charge in [-0.3, -0.25) is 4.90 Å². The van der Waals surface area contributed by atoms with E-state index in [0.29, 0.717) is 19.6 Å². The number of carbonyl (C=O) groups is 2. The predicted octanol–water partition coefficient (Wildman–Crippen LogP) is 1.77. The molecule has 0 radical (unpaired) electrons. The Morgan fingerprint density at radius 3 is 2.67 bits per heavy atom. The molecule has 2 unspecified atom stereocenters. The lowest BCUT2D eigenvalue weighted by Gasteiger charge is -2.26. The van der Waals surface area contributed by atoms with Crippen molar-refractivity contribution in [3.8, 4) is 0 Å². The van der Waals surface area contributed by atoms with Gasteiger partial charge in [-0.05, 0) is 20.8 Å². The Labute approximate surface area is 108 Å². The molecule has 102 valence electrons. The topological polar surface area (TPSA) is 55.8 Å². The number of rotatable bonds is 4. The molecule has 18 heavy (non-hydrogen) atoms. The van der Waals surface area contributed by atoms with Gasteiger partial charge in [0.25, 0.3) is 0 Å². The molecule has 0 N–H and O–H groups in total. The molecule has 1 saturated heterocycles. The minimum atomic E-state index is -0.565.